The number of benzene rings is 2. The zero-order valence-corrected chi connectivity index (χ0v) is 20.6. The van der Waals surface area contributed by atoms with Gasteiger partial charge in [-0.05, 0) is 36.4 Å². The Labute approximate surface area is 201 Å². The molecule has 0 bridgehead atoms. The second-order valence-corrected chi connectivity index (χ2v) is 10.7. The summed E-state index contributed by atoms with van der Waals surface area (Å²) in [5.74, 6) is 1.43. The van der Waals surface area contributed by atoms with Crippen LogP contribution in [0.5, 0.6) is 11.5 Å². The fraction of sp³-hybridized carbons (Fsp3) is 0.286. The number of nitrogens with zero attached hydrogens (tertiary/aromatic N) is 3. The molecule has 0 N–H and O–H groups in total. The van der Waals surface area contributed by atoms with Gasteiger partial charge in [0.15, 0.2) is 5.13 Å². The van der Waals surface area contributed by atoms with Crippen molar-refractivity contribution in [2.24, 2.45) is 0 Å². The number of piperazine rings is 1. The van der Waals surface area contributed by atoms with Crippen LogP contribution in [0, 0.1) is 0 Å². The highest BCUT2D eigenvalue weighted by molar-refractivity contribution is 7.89. The molecule has 3 aromatic rings. The number of anilines is 1. The third kappa shape index (κ3) is 4.67. The lowest BCUT2D eigenvalue weighted by atomic mass is 10.1. The van der Waals surface area contributed by atoms with E-state index in [2.05, 4.69) is 4.90 Å². The first-order chi connectivity index (χ1) is 15.3. The van der Waals surface area contributed by atoms with Gasteiger partial charge in [0.05, 0.1) is 24.8 Å². The van der Waals surface area contributed by atoms with Crippen LogP contribution < -0.4 is 14.4 Å². The minimum absolute atomic E-state index is 0.102. The summed E-state index contributed by atoms with van der Waals surface area (Å²) in [6.45, 7) is 1.72. The molecule has 0 atom stereocenters. The molecule has 0 saturated carbocycles. The monoisotopic (exact) mass is 513 g/mol. The van der Waals surface area contributed by atoms with Crippen LogP contribution in [-0.4, -0.2) is 58.1 Å². The van der Waals surface area contributed by atoms with Gasteiger partial charge in [0.2, 0.25) is 10.0 Å². The Morgan fingerprint density at radius 1 is 0.969 bits per heavy atom. The van der Waals surface area contributed by atoms with E-state index in [1.165, 1.54) is 33.8 Å². The van der Waals surface area contributed by atoms with Crippen molar-refractivity contribution in [2.45, 2.75) is 4.90 Å². The number of hydrogen-bond donors (Lipinski definition) is 0. The molecule has 4 rings (SSSR count). The van der Waals surface area contributed by atoms with Crippen LogP contribution in [0.4, 0.5) is 5.13 Å². The lowest BCUT2D eigenvalue weighted by Crippen LogP contribution is -2.48. The van der Waals surface area contributed by atoms with Gasteiger partial charge in [0.25, 0.3) is 0 Å². The number of hydrogen-bond acceptors (Lipinski definition) is 7. The van der Waals surface area contributed by atoms with Crippen molar-refractivity contribution in [2.75, 3.05) is 45.3 Å². The van der Waals surface area contributed by atoms with Crippen molar-refractivity contribution in [3.8, 4) is 22.8 Å². The number of halogens is 2. The molecule has 0 amide bonds. The van der Waals surface area contributed by atoms with Crippen molar-refractivity contribution in [1.82, 2.24) is 9.29 Å². The Bertz CT molecular complexity index is 1210. The summed E-state index contributed by atoms with van der Waals surface area (Å²) in [4.78, 5) is 6.95. The van der Waals surface area contributed by atoms with Gasteiger partial charge in [-0.2, -0.15) is 4.31 Å². The van der Waals surface area contributed by atoms with Gasteiger partial charge in [-0.1, -0.05) is 23.2 Å². The summed E-state index contributed by atoms with van der Waals surface area (Å²) >= 11 is 13.5. The molecule has 2 heterocycles. The number of thiazole rings is 1. The average Bonchev–Trinajstić information content (AvgIpc) is 3.28. The maximum absolute atomic E-state index is 13.0. The molecule has 32 heavy (non-hydrogen) atoms. The molecular weight excluding hydrogens is 493 g/mol. The topological polar surface area (TPSA) is 72.0 Å². The normalized spacial score (nSPS) is 15.1. The fourth-order valence-corrected chi connectivity index (χ4v) is 6.52. The van der Waals surface area contributed by atoms with Gasteiger partial charge >= 0.3 is 0 Å². The SMILES string of the molecule is COc1ccc(OC)c(-c2csc(N3CCN(S(=O)(=O)c4cc(Cl)cc(Cl)c4)CC3)n2)c1. The van der Waals surface area contributed by atoms with E-state index >= 15 is 0 Å². The molecule has 11 heteroatoms. The van der Waals surface area contributed by atoms with Crippen molar-refractivity contribution in [1.29, 1.82) is 0 Å². The molecule has 0 spiro atoms. The minimum atomic E-state index is -3.68. The zero-order chi connectivity index (χ0) is 22.9. The predicted molar refractivity (Wildman–Crippen MR) is 128 cm³/mol. The van der Waals surface area contributed by atoms with E-state index < -0.39 is 10.0 Å². The third-order valence-electron chi connectivity index (χ3n) is 5.16. The van der Waals surface area contributed by atoms with Crippen molar-refractivity contribution in [3.63, 3.8) is 0 Å². The highest BCUT2D eigenvalue weighted by Gasteiger charge is 2.30. The first kappa shape index (κ1) is 23.1. The maximum atomic E-state index is 13.0. The maximum Gasteiger partial charge on any atom is 0.243 e. The molecular formula is C21H21Cl2N3O4S2. The number of ether oxygens (including phenoxy) is 2. The summed E-state index contributed by atoms with van der Waals surface area (Å²) in [6, 6.07) is 9.92. The summed E-state index contributed by atoms with van der Waals surface area (Å²) in [7, 11) is -0.446. The van der Waals surface area contributed by atoms with E-state index in [4.69, 9.17) is 37.7 Å². The standard InChI is InChI=1S/C21H21Cl2N3O4S2/c1-29-16-3-4-20(30-2)18(12-16)19-13-31-21(24-19)25-5-7-26(8-6-25)32(27,28)17-10-14(22)9-15(23)11-17/h3-4,9-13H,5-8H2,1-2H3. The minimum Gasteiger partial charge on any atom is -0.497 e. The first-order valence-corrected chi connectivity index (χ1v) is 12.8. The van der Waals surface area contributed by atoms with Gasteiger partial charge in [0, 0.05) is 47.2 Å². The molecule has 170 valence electrons. The van der Waals surface area contributed by atoms with Crippen molar-refractivity contribution < 1.29 is 17.9 Å². The van der Waals surface area contributed by atoms with Crippen LogP contribution in [0.1, 0.15) is 0 Å². The quantitative estimate of drug-likeness (QED) is 0.477. The van der Waals surface area contributed by atoms with Gasteiger partial charge in [-0.3, -0.25) is 0 Å². The van der Waals surface area contributed by atoms with Crippen LogP contribution in [0.25, 0.3) is 11.3 Å². The van der Waals surface area contributed by atoms with E-state index in [-0.39, 0.29) is 14.9 Å². The van der Waals surface area contributed by atoms with Gasteiger partial charge in [-0.25, -0.2) is 13.4 Å². The molecule has 1 aliphatic heterocycles. The third-order valence-corrected chi connectivity index (χ3v) is 8.37. The van der Waals surface area contributed by atoms with Crippen LogP contribution in [-0.2, 0) is 10.0 Å². The molecule has 1 fully saturated rings. The second kappa shape index (κ2) is 9.44. The predicted octanol–water partition coefficient (Wildman–Crippen LogP) is 4.65. The Morgan fingerprint density at radius 3 is 2.28 bits per heavy atom. The summed E-state index contributed by atoms with van der Waals surface area (Å²) in [6.07, 6.45) is 0. The van der Waals surface area contributed by atoms with Gasteiger partial charge in [-0.15, -0.1) is 11.3 Å². The van der Waals surface area contributed by atoms with Crippen molar-refractivity contribution >= 4 is 49.7 Å². The zero-order valence-electron chi connectivity index (χ0n) is 17.4. The van der Waals surface area contributed by atoms with Crippen LogP contribution in [0.2, 0.25) is 10.0 Å². The fourth-order valence-electron chi connectivity index (χ4n) is 3.49. The first-order valence-electron chi connectivity index (χ1n) is 9.71. The Kier molecular flexibility index (Phi) is 6.83. The number of methoxy groups -OCH3 is 2. The Balaban J connectivity index is 1.50. The van der Waals surface area contributed by atoms with Gasteiger partial charge < -0.3 is 14.4 Å². The molecule has 7 nitrogen and oxygen atoms in total. The number of rotatable bonds is 6. The average molecular weight is 514 g/mol. The molecule has 0 radical (unpaired) electrons. The van der Waals surface area contributed by atoms with Crippen LogP contribution in [0.3, 0.4) is 0 Å². The van der Waals surface area contributed by atoms with E-state index in [0.29, 0.717) is 31.9 Å². The smallest absolute Gasteiger partial charge is 0.243 e. The summed E-state index contributed by atoms with van der Waals surface area (Å²) in [5.41, 5.74) is 1.62. The largest absolute Gasteiger partial charge is 0.497 e. The Hall–Kier alpha value is -2.04. The molecule has 2 aromatic carbocycles. The molecule has 0 unspecified atom stereocenters. The lowest BCUT2D eigenvalue weighted by molar-refractivity contribution is 0.384. The Morgan fingerprint density at radius 2 is 1.66 bits per heavy atom. The van der Waals surface area contributed by atoms with E-state index in [1.54, 1.807) is 14.2 Å². The van der Waals surface area contributed by atoms with Crippen LogP contribution in [0.15, 0.2) is 46.7 Å². The second-order valence-electron chi connectivity index (χ2n) is 7.08. The highest BCUT2D eigenvalue weighted by Crippen LogP contribution is 2.36. The van der Waals surface area contributed by atoms with Crippen LogP contribution >= 0.6 is 34.5 Å². The van der Waals surface area contributed by atoms with Crippen molar-refractivity contribution in [3.05, 3.63) is 51.8 Å². The van der Waals surface area contributed by atoms with E-state index in [1.807, 2.05) is 23.6 Å². The highest BCUT2D eigenvalue weighted by atomic mass is 35.5. The number of aromatic nitrogens is 1. The summed E-state index contributed by atoms with van der Waals surface area (Å²) < 4.78 is 38.3. The molecule has 0 aliphatic carbocycles. The molecule has 1 saturated heterocycles. The lowest BCUT2D eigenvalue weighted by Gasteiger charge is -2.33. The van der Waals surface area contributed by atoms with E-state index in [9.17, 15) is 8.42 Å². The molecule has 1 aliphatic rings. The summed E-state index contributed by atoms with van der Waals surface area (Å²) in [5, 5.41) is 3.37. The molecule has 1 aromatic heterocycles. The van der Waals surface area contributed by atoms with E-state index in [0.717, 1.165) is 22.1 Å². The number of sulfonamides is 1. The van der Waals surface area contributed by atoms with Gasteiger partial charge in [0.1, 0.15) is 11.5 Å².